The molecule has 2 aromatic rings. The molecular weight excluding hydrogens is 272 g/mol. The summed E-state index contributed by atoms with van der Waals surface area (Å²) in [4.78, 5) is 11.9. The molecule has 106 valence electrons. The molecule has 0 saturated heterocycles. The third-order valence-corrected chi connectivity index (χ3v) is 4.28. The van der Waals surface area contributed by atoms with Crippen LogP contribution in [0, 0.1) is 17.0 Å². The smallest absolute Gasteiger partial charge is 0.274 e. The Bertz CT molecular complexity index is 582. The number of benzene rings is 1. The minimum absolute atomic E-state index is 0.163. The second-order valence-corrected chi connectivity index (χ2v) is 5.69. The average molecular weight is 290 g/mol. The summed E-state index contributed by atoms with van der Waals surface area (Å²) >= 11 is 1.71. The fraction of sp³-hybridized carbons (Fsp3) is 0.333. The molecule has 0 amide bonds. The standard InChI is InChI=1S/C15H18N2O2S/c1-3-6-13(15-9-5-10-20-15)16-12-7-4-8-14(11(12)2)17(18)19/h4-5,7-10,13,16H,3,6H2,1-2H3. The van der Waals surface area contributed by atoms with Gasteiger partial charge in [-0.15, -0.1) is 11.3 Å². The number of nitro benzene ring substituents is 1. The summed E-state index contributed by atoms with van der Waals surface area (Å²) in [5, 5.41) is 16.5. The molecule has 0 saturated carbocycles. The van der Waals surface area contributed by atoms with Crippen molar-refractivity contribution in [2.75, 3.05) is 5.32 Å². The molecule has 1 heterocycles. The second-order valence-electron chi connectivity index (χ2n) is 4.71. The topological polar surface area (TPSA) is 55.2 Å². The molecule has 0 radical (unpaired) electrons. The second kappa shape index (κ2) is 6.52. The van der Waals surface area contributed by atoms with Gasteiger partial charge in [-0.25, -0.2) is 0 Å². The number of nitro groups is 1. The monoisotopic (exact) mass is 290 g/mol. The molecule has 4 nitrogen and oxygen atoms in total. The van der Waals surface area contributed by atoms with Crippen LogP contribution in [0.1, 0.15) is 36.2 Å². The van der Waals surface area contributed by atoms with Crippen molar-refractivity contribution in [3.05, 3.63) is 56.3 Å². The Labute approximate surface area is 122 Å². The van der Waals surface area contributed by atoms with E-state index in [2.05, 4.69) is 23.7 Å². The van der Waals surface area contributed by atoms with E-state index in [9.17, 15) is 10.1 Å². The van der Waals surface area contributed by atoms with Crippen molar-refractivity contribution in [2.45, 2.75) is 32.7 Å². The van der Waals surface area contributed by atoms with E-state index in [0.717, 1.165) is 18.5 Å². The third kappa shape index (κ3) is 3.17. The number of anilines is 1. The number of thiophene rings is 1. The summed E-state index contributed by atoms with van der Waals surface area (Å²) in [7, 11) is 0. The molecule has 0 aliphatic heterocycles. The predicted octanol–water partition coefficient (Wildman–Crippen LogP) is 4.92. The number of nitrogens with one attached hydrogen (secondary N) is 1. The van der Waals surface area contributed by atoms with Crippen LogP contribution in [0.4, 0.5) is 11.4 Å². The van der Waals surface area contributed by atoms with E-state index in [4.69, 9.17) is 0 Å². The van der Waals surface area contributed by atoms with Crippen molar-refractivity contribution in [3.8, 4) is 0 Å². The Balaban J connectivity index is 2.27. The van der Waals surface area contributed by atoms with Gasteiger partial charge in [0.25, 0.3) is 5.69 Å². The van der Waals surface area contributed by atoms with Crippen LogP contribution >= 0.6 is 11.3 Å². The summed E-state index contributed by atoms with van der Waals surface area (Å²) in [6.45, 7) is 3.93. The van der Waals surface area contributed by atoms with Gasteiger partial charge in [0.2, 0.25) is 0 Å². The van der Waals surface area contributed by atoms with Crippen LogP contribution in [0.3, 0.4) is 0 Å². The first-order valence-electron chi connectivity index (χ1n) is 6.67. The fourth-order valence-electron chi connectivity index (χ4n) is 2.23. The molecule has 20 heavy (non-hydrogen) atoms. The van der Waals surface area contributed by atoms with Crippen LogP contribution in [0.5, 0.6) is 0 Å². The van der Waals surface area contributed by atoms with E-state index in [1.807, 2.05) is 12.1 Å². The van der Waals surface area contributed by atoms with Crippen LogP contribution < -0.4 is 5.32 Å². The molecule has 0 fully saturated rings. The van der Waals surface area contributed by atoms with E-state index in [0.29, 0.717) is 5.56 Å². The maximum Gasteiger partial charge on any atom is 0.274 e. The van der Waals surface area contributed by atoms with Crippen LogP contribution in [-0.2, 0) is 0 Å². The van der Waals surface area contributed by atoms with Gasteiger partial charge in [0.05, 0.1) is 11.0 Å². The normalized spacial score (nSPS) is 12.1. The molecule has 1 atom stereocenters. The van der Waals surface area contributed by atoms with Gasteiger partial charge in [-0.05, 0) is 30.9 Å². The molecule has 1 aromatic heterocycles. The molecular formula is C15H18N2O2S. The van der Waals surface area contributed by atoms with Crippen molar-refractivity contribution in [3.63, 3.8) is 0 Å². The van der Waals surface area contributed by atoms with E-state index >= 15 is 0 Å². The molecule has 1 N–H and O–H groups in total. The highest BCUT2D eigenvalue weighted by atomic mass is 32.1. The molecule has 5 heteroatoms. The minimum Gasteiger partial charge on any atom is -0.377 e. The van der Waals surface area contributed by atoms with E-state index in [1.54, 1.807) is 30.4 Å². The van der Waals surface area contributed by atoms with Crippen LogP contribution in [0.25, 0.3) is 0 Å². The lowest BCUT2D eigenvalue weighted by Crippen LogP contribution is -2.10. The average Bonchev–Trinajstić information content (AvgIpc) is 2.94. The fourth-order valence-corrected chi connectivity index (χ4v) is 3.04. The summed E-state index contributed by atoms with van der Waals surface area (Å²) < 4.78 is 0. The van der Waals surface area contributed by atoms with E-state index in [-0.39, 0.29) is 16.7 Å². The van der Waals surface area contributed by atoms with Gasteiger partial charge in [-0.3, -0.25) is 10.1 Å². The quantitative estimate of drug-likeness (QED) is 0.607. The van der Waals surface area contributed by atoms with Gasteiger partial charge in [0.15, 0.2) is 0 Å². The van der Waals surface area contributed by atoms with Gasteiger partial charge < -0.3 is 5.32 Å². The lowest BCUT2D eigenvalue weighted by molar-refractivity contribution is -0.385. The highest BCUT2D eigenvalue weighted by Gasteiger charge is 2.17. The first-order chi connectivity index (χ1) is 9.63. The van der Waals surface area contributed by atoms with Gasteiger partial charge in [0.1, 0.15) is 0 Å². The van der Waals surface area contributed by atoms with Crippen molar-refractivity contribution in [2.24, 2.45) is 0 Å². The number of rotatable bonds is 6. The molecule has 0 aliphatic rings. The maximum absolute atomic E-state index is 11.0. The Morgan fingerprint density at radius 3 is 2.75 bits per heavy atom. The van der Waals surface area contributed by atoms with Gasteiger partial charge in [-0.2, -0.15) is 0 Å². The lowest BCUT2D eigenvalue weighted by Gasteiger charge is -2.19. The van der Waals surface area contributed by atoms with Crippen molar-refractivity contribution < 1.29 is 4.92 Å². The van der Waals surface area contributed by atoms with Crippen LogP contribution in [0.15, 0.2) is 35.7 Å². The van der Waals surface area contributed by atoms with Crippen molar-refractivity contribution in [1.82, 2.24) is 0 Å². The molecule has 2 rings (SSSR count). The molecule has 0 spiro atoms. The molecule has 0 aliphatic carbocycles. The Morgan fingerprint density at radius 1 is 1.35 bits per heavy atom. The first kappa shape index (κ1) is 14.5. The highest BCUT2D eigenvalue weighted by molar-refractivity contribution is 7.10. The Morgan fingerprint density at radius 2 is 2.15 bits per heavy atom. The van der Waals surface area contributed by atoms with Gasteiger partial charge >= 0.3 is 0 Å². The first-order valence-corrected chi connectivity index (χ1v) is 7.55. The summed E-state index contributed by atoms with van der Waals surface area (Å²) in [6, 6.07) is 9.51. The van der Waals surface area contributed by atoms with Crippen LogP contribution in [-0.4, -0.2) is 4.92 Å². The number of hydrogen-bond donors (Lipinski definition) is 1. The van der Waals surface area contributed by atoms with E-state index < -0.39 is 0 Å². The highest BCUT2D eigenvalue weighted by Crippen LogP contribution is 2.31. The molecule has 1 aromatic carbocycles. The largest absolute Gasteiger partial charge is 0.377 e. The predicted molar refractivity (Wildman–Crippen MR) is 83.4 cm³/mol. The summed E-state index contributed by atoms with van der Waals surface area (Å²) in [5.41, 5.74) is 1.69. The zero-order valence-electron chi connectivity index (χ0n) is 11.6. The Kier molecular flexibility index (Phi) is 4.74. The number of hydrogen-bond acceptors (Lipinski definition) is 4. The summed E-state index contributed by atoms with van der Waals surface area (Å²) in [6.07, 6.45) is 2.06. The maximum atomic E-state index is 11.0. The zero-order chi connectivity index (χ0) is 14.5. The van der Waals surface area contributed by atoms with Crippen LogP contribution in [0.2, 0.25) is 0 Å². The van der Waals surface area contributed by atoms with Gasteiger partial charge in [0, 0.05) is 22.2 Å². The molecule has 1 unspecified atom stereocenters. The number of nitrogens with zero attached hydrogens (tertiary/aromatic N) is 1. The lowest BCUT2D eigenvalue weighted by atomic mass is 10.1. The van der Waals surface area contributed by atoms with Crippen molar-refractivity contribution >= 4 is 22.7 Å². The SMILES string of the molecule is CCCC(Nc1cccc([N+](=O)[O-])c1C)c1cccs1. The van der Waals surface area contributed by atoms with Gasteiger partial charge in [-0.1, -0.05) is 25.5 Å². The van der Waals surface area contributed by atoms with E-state index in [1.165, 1.54) is 4.88 Å². The summed E-state index contributed by atoms with van der Waals surface area (Å²) in [5.74, 6) is 0. The molecule has 0 bridgehead atoms. The zero-order valence-corrected chi connectivity index (χ0v) is 12.4. The Hall–Kier alpha value is -1.88. The minimum atomic E-state index is -0.333. The third-order valence-electron chi connectivity index (χ3n) is 3.30. The van der Waals surface area contributed by atoms with Crippen molar-refractivity contribution in [1.29, 1.82) is 0 Å².